The summed E-state index contributed by atoms with van der Waals surface area (Å²) in [6, 6.07) is 0. The second-order valence-electron chi connectivity index (χ2n) is 2.87. The van der Waals surface area contributed by atoms with Crippen molar-refractivity contribution in [3.8, 4) is 0 Å². The second-order valence-corrected chi connectivity index (χ2v) is 2.87. The summed E-state index contributed by atoms with van der Waals surface area (Å²) in [7, 11) is 0. The summed E-state index contributed by atoms with van der Waals surface area (Å²) in [6.07, 6.45) is 0.697. The van der Waals surface area contributed by atoms with E-state index in [0.717, 1.165) is 0 Å². The van der Waals surface area contributed by atoms with Crippen molar-refractivity contribution in [2.24, 2.45) is 5.92 Å². The molecule has 0 aromatic rings. The molecule has 0 rings (SSSR count). The number of carbonyl (C=O) groups excluding carboxylic acids is 1. The molecule has 0 heterocycles. The van der Waals surface area contributed by atoms with Crippen LogP contribution in [-0.4, -0.2) is 29.9 Å². The molecule has 0 bridgehead atoms. The van der Waals surface area contributed by atoms with Crippen molar-refractivity contribution in [1.82, 2.24) is 5.32 Å². The molecule has 0 aliphatic heterocycles. The average molecular weight is 173 g/mol. The Morgan fingerprint density at radius 2 is 2.08 bits per heavy atom. The maximum atomic E-state index is 10.7. The van der Waals surface area contributed by atoms with Gasteiger partial charge in [0.2, 0.25) is 0 Å². The summed E-state index contributed by atoms with van der Waals surface area (Å²) in [5.41, 5.74) is 0. The topological polar surface area (TPSA) is 66.4 Å². The third-order valence-electron chi connectivity index (χ3n) is 1.72. The highest BCUT2D eigenvalue weighted by atomic mass is 16.4. The Hall–Kier alpha value is -0.900. The highest BCUT2D eigenvalue weighted by molar-refractivity contribution is 5.77. The standard InChI is InChI=1S/C8H15NO3/c1-6(7(2)10)3-4-9-5-8(11)12/h6,9H,3-5H2,1-2H3,(H,11,12). The summed E-state index contributed by atoms with van der Waals surface area (Å²) in [4.78, 5) is 20.8. The second kappa shape index (κ2) is 5.71. The number of carbonyl (C=O) groups is 2. The van der Waals surface area contributed by atoms with Gasteiger partial charge < -0.3 is 10.4 Å². The first-order valence-corrected chi connectivity index (χ1v) is 3.97. The van der Waals surface area contributed by atoms with Crippen molar-refractivity contribution in [3.63, 3.8) is 0 Å². The molecule has 0 spiro atoms. The highest BCUT2D eigenvalue weighted by Crippen LogP contribution is 2.00. The maximum absolute atomic E-state index is 10.7. The monoisotopic (exact) mass is 173 g/mol. The maximum Gasteiger partial charge on any atom is 0.317 e. The molecule has 0 aromatic carbocycles. The number of nitrogens with one attached hydrogen (secondary N) is 1. The molecular formula is C8H15NO3. The minimum atomic E-state index is -0.870. The quantitative estimate of drug-likeness (QED) is 0.566. The number of rotatable bonds is 6. The lowest BCUT2D eigenvalue weighted by Gasteiger charge is -2.06. The molecular weight excluding hydrogens is 158 g/mol. The number of Topliss-reactive ketones (excluding diaryl/α,β-unsaturated/α-hetero) is 1. The van der Waals surface area contributed by atoms with Gasteiger partial charge in [0, 0.05) is 5.92 Å². The number of ketones is 1. The van der Waals surface area contributed by atoms with E-state index in [1.807, 2.05) is 6.92 Å². The van der Waals surface area contributed by atoms with Crippen LogP contribution in [0.1, 0.15) is 20.3 Å². The van der Waals surface area contributed by atoms with Gasteiger partial charge in [-0.15, -0.1) is 0 Å². The summed E-state index contributed by atoms with van der Waals surface area (Å²) in [5, 5.41) is 11.0. The molecule has 0 aromatic heterocycles. The van der Waals surface area contributed by atoms with Crippen molar-refractivity contribution in [3.05, 3.63) is 0 Å². The van der Waals surface area contributed by atoms with Crippen LogP contribution in [0.25, 0.3) is 0 Å². The van der Waals surface area contributed by atoms with Gasteiger partial charge in [0.05, 0.1) is 6.54 Å². The van der Waals surface area contributed by atoms with Gasteiger partial charge in [-0.1, -0.05) is 6.92 Å². The Balaban J connectivity index is 3.31. The van der Waals surface area contributed by atoms with Crippen LogP contribution < -0.4 is 5.32 Å². The van der Waals surface area contributed by atoms with E-state index < -0.39 is 5.97 Å². The summed E-state index contributed by atoms with van der Waals surface area (Å²) < 4.78 is 0. The van der Waals surface area contributed by atoms with Crippen molar-refractivity contribution in [2.45, 2.75) is 20.3 Å². The molecule has 12 heavy (non-hydrogen) atoms. The Bertz CT molecular complexity index is 168. The van der Waals surface area contributed by atoms with Gasteiger partial charge in [-0.3, -0.25) is 9.59 Å². The SMILES string of the molecule is CC(=O)C(C)CCNCC(=O)O. The van der Waals surface area contributed by atoms with Gasteiger partial charge in [-0.05, 0) is 19.9 Å². The third kappa shape index (κ3) is 5.85. The fourth-order valence-electron chi connectivity index (χ4n) is 0.717. The van der Waals surface area contributed by atoms with E-state index in [9.17, 15) is 9.59 Å². The summed E-state index contributed by atoms with van der Waals surface area (Å²) in [6.45, 7) is 3.92. The van der Waals surface area contributed by atoms with Crippen molar-refractivity contribution in [2.75, 3.05) is 13.1 Å². The zero-order chi connectivity index (χ0) is 9.56. The van der Waals surface area contributed by atoms with Crippen LogP contribution in [0.2, 0.25) is 0 Å². The smallest absolute Gasteiger partial charge is 0.317 e. The van der Waals surface area contributed by atoms with Crippen LogP contribution in [0.15, 0.2) is 0 Å². The molecule has 0 radical (unpaired) electrons. The van der Waals surface area contributed by atoms with Gasteiger partial charge >= 0.3 is 5.97 Å². The summed E-state index contributed by atoms with van der Waals surface area (Å²) in [5.74, 6) is -0.705. The van der Waals surface area contributed by atoms with Gasteiger partial charge in [-0.2, -0.15) is 0 Å². The first-order chi connectivity index (χ1) is 5.54. The van der Waals surface area contributed by atoms with Crippen LogP contribution in [0.4, 0.5) is 0 Å². The van der Waals surface area contributed by atoms with Gasteiger partial charge in [0.15, 0.2) is 0 Å². The number of carboxylic acid groups (broad SMARTS) is 1. The van der Waals surface area contributed by atoms with Crippen LogP contribution in [-0.2, 0) is 9.59 Å². The molecule has 1 atom stereocenters. The lowest BCUT2D eigenvalue weighted by Crippen LogP contribution is -2.25. The zero-order valence-corrected chi connectivity index (χ0v) is 7.46. The van der Waals surface area contributed by atoms with E-state index in [0.29, 0.717) is 13.0 Å². The molecule has 0 saturated carbocycles. The van der Waals surface area contributed by atoms with Crippen LogP contribution in [0.5, 0.6) is 0 Å². The Morgan fingerprint density at radius 1 is 1.50 bits per heavy atom. The van der Waals surface area contributed by atoms with E-state index in [-0.39, 0.29) is 18.2 Å². The molecule has 4 nitrogen and oxygen atoms in total. The number of hydrogen-bond acceptors (Lipinski definition) is 3. The van der Waals surface area contributed by atoms with E-state index >= 15 is 0 Å². The van der Waals surface area contributed by atoms with E-state index in [1.54, 1.807) is 6.92 Å². The molecule has 0 fully saturated rings. The van der Waals surface area contributed by atoms with Gasteiger partial charge in [0.1, 0.15) is 5.78 Å². The van der Waals surface area contributed by atoms with Crippen molar-refractivity contribution in [1.29, 1.82) is 0 Å². The number of carboxylic acids is 1. The number of hydrogen-bond donors (Lipinski definition) is 2. The summed E-state index contributed by atoms with van der Waals surface area (Å²) >= 11 is 0. The molecule has 70 valence electrons. The molecule has 2 N–H and O–H groups in total. The third-order valence-corrected chi connectivity index (χ3v) is 1.72. The zero-order valence-electron chi connectivity index (χ0n) is 7.46. The van der Waals surface area contributed by atoms with Crippen molar-refractivity contribution < 1.29 is 14.7 Å². The fourth-order valence-corrected chi connectivity index (χ4v) is 0.717. The molecule has 0 aliphatic carbocycles. The van der Waals surface area contributed by atoms with E-state index in [2.05, 4.69) is 5.32 Å². The lowest BCUT2D eigenvalue weighted by atomic mass is 10.0. The predicted molar refractivity (Wildman–Crippen MR) is 45.0 cm³/mol. The predicted octanol–water partition coefficient (Wildman–Crippen LogP) is 0.276. The first kappa shape index (κ1) is 11.1. The Labute approximate surface area is 72.0 Å². The molecule has 0 saturated heterocycles. The highest BCUT2D eigenvalue weighted by Gasteiger charge is 2.06. The van der Waals surface area contributed by atoms with E-state index in [4.69, 9.17) is 5.11 Å². The lowest BCUT2D eigenvalue weighted by molar-refractivity contribution is -0.135. The van der Waals surface area contributed by atoms with Gasteiger partial charge in [-0.25, -0.2) is 0 Å². The van der Waals surface area contributed by atoms with Crippen molar-refractivity contribution >= 4 is 11.8 Å². The Kier molecular flexibility index (Phi) is 5.28. The largest absolute Gasteiger partial charge is 0.480 e. The molecule has 4 heteroatoms. The average Bonchev–Trinajstić information content (AvgIpc) is 1.97. The minimum absolute atomic E-state index is 0.0197. The van der Waals surface area contributed by atoms with Crippen LogP contribution in [0.3, 0.4) is 0 Å². The van der Waals surface area contributed by atoms with Crippen LogP contribution in [0, 0.1) is 5.92 Å². The molecule has 0 aliphatic rings. The number of aliphatic carboxylic acids is 1. The molecule has 1 unspecified atom stereocenters. The fraction of sp³-hybridized carbons (Fsp3) is 0.750. The van der Waals surface area contributed by atoms with E-state index in [1.165, 1.54) is 0 Å². The van der Waals surface area contributed by atoms with Gasteiger partial charge in [0.25, 0.3) is 0 Å². The first-order valence-electron chi connectivity index (χ1n) is 3.97. The molecule has 0 amide bonds. The van der Waals surface area contributed by atoms with Crippen LogP contribution >= 0.6 is 0 Å². The normalized spacial score (nSPS) is 12.5. The minimum Gasteiger partial charge on any atom is -0.480 e. The Morgan fingerprint density at radius 3 is 2.50 bits per heavy atom.